The number of hydrogen-bond donors (Lipinski definition) is 1. The molecule has 5 nitrogen and oxygen atoms in total. The number of benzene rings is 1. The largest absolute Gasteiger partial charge is 0.480 e. The molecule has 8 heteroatoms. The zero-order valence-corrected chi connectivity index (χ0v) is 12.8. The molecule has 2 rings (SSSR count). The highest BCUT2D eigenvalue weighted by atomic mass is 79.9. The van der Waals surface area contributed by atoms with Gasteiger partial charge in [-0.1, -0.05) is 0 Å². The molecule has 0 spiro atoms. The zero-order chi connectivity index (χ0) is 14.9. The fraction of sp³-hybridized carbons (Fsp3) is 0.417. The summed E-state index contributed by atoms with van der Waals surface area (Å²) in [5.74, 6) is -1.73. The number of carboxylic acids is 1. The Balaban J connectivity index is 2.45. The van der Waals surface area contributed by atoms with Gasteiger partial charge in [-0.15, -0.1) is 0 Å². The Hall–Kier alpha value is -0.990. The van der Waals surface area contributed by atoms with E-state index in [1.54, 1.807) is 0 Å². The van der Waals surface area contributed by atoms with Crippen molar-refractivity contribution in [2.24, 2.45) is 0 Å². The molecule has 0 saturated carbocycles. The summed E-state index contributed by atoms with van der Waals surface area (Å²) >= 11 is 3.01. The van der Waals surface area contributed by atoms with Gasteiger partial charge in [0.15, 0.2) is 0 Å². The van der Waals surface area contributed by atoms with Gasteiger partial charge in [0.2, 0.25) is 10.0 Å². The number of rotatable bonds is 3. The fourth-order valence-electron chi connectivity index (χ4n) is 2.25. The van der Waals surface area contributed by atoms with E-state index in [2.05, 4.69) is 15.9 Å². The molecule has 1 N–H and O–H groups in total. The monoisotopic (exact) mass is 365 g/mol. The maximum atomic E-state index is 13.1. The molecule has 110 valence electrons. The van der Waals surface area contributed by atoms with Crippen LogP contribution in [0.15, 0.2) is 27.6 Å². The molecule has 20 heavy (non-hydrogen) atoms. The molecule has 0 bridgehead atoms. The zero-order valence-electron chi connectivity index (χ0n) is 10.4. The number of piperidine rings is 1. The lowest BCUT2D eigenvalue weighted by Crippen LogP contribution is -2.47. The van der Waals surface area contributed by atoms with Gasteiger partial charge in [0.05, 0.1) is 4.90 Å². The summed E-state index contributed by atoms with van der Waals surface area (Å²) in [6.45, 7) is 0.156. The molecule has 1 aromatic rings. The van der Waals surface area contributed by atoms with Gasteiger partial charge in [-0.05, 0) is 53.4 Å². The number of nitrogens with zero attached hydrogens (tertiary/aromatic N) is 1. The molecule has 1 saturated heterocycles. The highest BCUT2D eigenvalue weighted by Crippen LogP contribution is 2.30. The third-order valence-corrected chi connectivity index (χ3v) is 6.10. The van der Waals surface area contributed by atoms with Crippen molar-refractivity contribution < 1.29 is 22.7 Å². The Morgan fingerprint density at radius 3 is 2.70 bits per heavy atom. The Kier molecular flexibility index (Phi) is 4.46. The lowest BCUT2D eigenvalue weighted by atomic mass is 10.1. The van der Waals surface area contributed by atoms with Crippen molar-refractivity contribution in [2.45, 2.75) is 30.2 Å². The fourth-order valence-corrected chi connectivity index (χ4v) is 4.91. The molecule has 1 aliphatic heterocycles. The lowest BCUT2D eigenvalue weighted by Gasteiger charge is -2.32. The summed E-state index contributed by atoms with van der Waals surface area (Å²) in [7, 11) is -3.96. The molecular formula is C12H13BrFNO4S. The summed E-state index contributed by atoms with van der Waals surface area (Å²) < 4.78 is 39.2. The number of carboxylic acid groups (broad SMARTS) is 1. The van der Waals surface area contributed by atoms with Crippen molar-refractivity contribution in [1.29, 1.82) is 0 Å². The molecule has 0 aliphatic carbocycles. The van der Waals surface area contributed by atoms with Crippen LogP contribution in [0.5, 0.6) is 0 Å². The Morgan fingerprint density at radius 1 is 1.40 bits per heavy atom. The van der Waals surface area contributed by atoms with E-state index in [1.807, 2.05) is 0 Å². The van der Waals surface area contributed by atoms with Crippen LogP contribution in [-0.2, 0) is 14.8 Å². The van der Waals surface area contributed by atoms with Crippen LogP contribution in [0.2, 0.25) is 0 Å². The van der Waals surface area contributed by atoms with Crippen molar-refractivity contribution in [2.75, 3.05) is 6.54 Å². The summed E-state index contributed by atoms with van der Waals surface area (Å²) in [6, 6.07) is 2.16. The summed E-state index contributed by atoms with van der Waals surface area (Å²) in [4.78, 5) is 11.1. The number of aliphatic carboxylic acids is 1. The van der Waals surface area contributed by atoms with E-state index < -0.39 is 27.9 Å². The van der Waals surface area contributed by atoms with Crippen molar-refractivity contribution in [3.8, 4) is 0 Å². The average Bonchev–Trinajstić information content (AvgIpc) is 2.38. The molecule has 1 heterocycles. The van der Waals surface area contributed by atoms with Crippen LogP contribution >= 0.6 is 15.9 Å². The van der Waals surface area contributed by atoms with E-state index in [0.29, 0.717) is 12.8 Å². The average molecular weight is 366 g/mol. The van der Waals surface area contributed by atoms with Crippen LogP contribution in [0.25, 0.3) is 0 Å². The van der Waals surface area contributed by atoms with Crippen LogP contribution in [0.4, 0.5) is 4.39 Å². The molecule has 1 fully saturated rings. The first-order chi connectivity index (χ1) is 9.34. The van der Waals surface area contributed by atoms with Gasteiger partial charge in [-0.2, -0.15) is 4.31 Å². The maximum absolute atomic E-state index is 13.1. The minimum atomic E-state index is -3.96. The molecular weight excluding hydrogens is 353 g/mol. The van der Waals surface area contributed by atoms with E-state index >= 15 is 0 Å². The van der Waals surface area contributed by atoms with Gasteiger partial charge in [0.25, 0.3) is 0 Å². The number of hydrogen-bond acceptors (Lipinski definition) is 3. The second-order valence-corrected chi connectivity index (χ2v) is 7.25. The Morgan fingerprint density at radius 2 is 2.10 bits per heavy atom. The van der Waals surface area contributed by atoms with Crippen molar-refractivity contribution in [1.82, 2.24) is 4.31 Å². The lowest BCUT2D eigenvalue weighted by molar-refractivity contribution is -0.142. The molecule has 0 radical (unpaired) electrons. The first-order valence-electron chi connectivity index (χ1n) is 6.04. The molecule has 1 aliphatic rings. The third kappa shape index (κ3) is 2.87. The number of carbonyl (C=O) groups is 1. The van der Waals surface area contributed by atoms with E-state index in [0.717, 1.165) is 22.5 Å². The predicted molar refractivity (Wildman–Crippen MR) is 73.3 cm³/mol. The van der Waals surface area contributed by atoms with Crippen LogP contribution in [0.1, 0.15) is 19.3 Å². The van der Waals surface area contributed by atoms with Gasteiger partial charge < -0.3 is 5.11 Å². The van der Waals surface area contributed by atoms with Crippen LogP contribution in [0, 0.1) is 5.82 Å². The van der Waals surface area contributed by atoms with Crippen molar-refractivity contribution in [3.63, 3.8) is 0 Å². The highest BCUT2D eigenvalue weighted by molar-refractivity contribution is 9.10. The van der Waals surface area contributed by atoms with Gasteiger partial charge in [-0.25, -0.2) is 12.8 Å². The number of halogens is 2. The minimum Gasteiger partial charge on any atom is -0.480 e. The SMILES string of the molecule is O=C(O)C1CCCCN1S(=O)(=O)c1ccc(F)cc1Br. The molecule has 1 atom stereocenters. The standard InChI is InChI=1S/C12H13BrFNO4S/c13-9-7-8(14)4-5-11(9)20(18,19)15-6-2-1-3-10(15)12(16)17/h4-5,7,10H,1-3,6H2,(H,16,17). The topological polar surface area (TPSA) is 74.7 Å². The van der Waals surface area contributed by atoms with E-state index in [9.17, 15) is 17.6 Å². The highest BCUT2D eigenvalue weighted by Gasteiger charge is 2.38. The summed E-state index contributed by atoms with van der Waals surface area (Å²) in [5.41, 5.74) is 0. The van der Waals surface area contributed by atoms with E-state index in [4.69, 9.17) is 5.11 Å². The van der Waals surface area contributed by atoms with Crippen LogP contribution in [-0.4, -0.2) is 36.4 Å². The smallest absolute Gasteiger partial charge is 0.322 e. The van der Waals surface area contributed by atoms with Crippen LogP contribution < -0.4 is 0 Å². The Labute approximate surface area is 124 Å². The molecule has 1 aromatic carbocycles. The molecule has 0 aromatic heterocycles. The first-order valence-corrected chi connectivity index (χ1v) is 8.27. The number of sulfonamides is 1. The molecule has 1 unspecified atom stereocenters. The normalized spacial score (nSPS) is 20.8. The van der Waals surface area contributed by atoms with Crippen LogP contribution in [0.3, 0.4) is 0 Å². The summed E-state index contributed by atoms with van der Waals surface area (Å²) in [5, 5.41) is 9.15. The second-order valence-electron chi connectivity index (χ2n) is 4.54. The quantitative estimate of drug-likeness (QED) is 0.890. The molecule has 0 amide bonds. The van der Waals surface area contributed by atoms with Gasteiger partial charge >= 0.3 is 5.97 Å². The Bertz CT molecular complexity index is 634. The third-order valence-electron chi connectivity index (χ3n) is 3.22. The second kappa shape index (κ2) is 5.79. The predicted octanol–water partition coefficient (Wildman–Crippen LogP) is 2.22. The van der Waals surface area contributed by atoms with Crippen molar-refractivity contribution in [3.05, 3.63) is 28.5 Å². The maximum Gasteiger partial charge on any atom is 0.322 e. The van der Waals surface area contributed by atoms with E-state index in [1.165, 1.54) is 0 Å². The summed E-state index contributed by atoms with van der Waals surface area (Å²) in [6.07, 6.45) is 1.57. The van der Waals surface area contributed by atoms with Crippen molar-refractivity contribution >= 4 is 31.9 Å². The van der Waals surface area contributed by atoms with Gasteiger partial charge in [0.1, 0.15) is 11.9 Å². The van der Waals surface area contributed by atoms with Gasteiger partial charge in [0, 0.05) is 11.0 Å². The minimum absolute atomic E-state index is 0.0900. The first kappa shape index (κ1) is 15.4. The van der Waals surface area contributed by atoms with Gasteiger partial charge in [-0.3, -0.25) is 4.79 Å². The van der Waals surface area contributed by atoms with E-state index in [-0.39, 0.29) is 22.3 Å².